The van der Waals surface area contributed by atoms with Gasteiger partial charge in [0.1, 0.15) is 11.3 Å². The third-order valence-electron chi connectivity index (χ3n) is 3.45. The number of amides is 1. The highest BCUT2D eigenvalue weighted by Crippen LogP contribution is 2.33. The van der Waals surface area contributed by atoms with E-state index >= 15 is 0 Å². The summed E-state index contributed by atoms with van der Waals surface area (Å²) in [5, 5.41) is 21.4. The Kier molecular flexibility index (Phi) is 2.98. The summed E-state index contributed by atoms with van der Waals surface area (Å²) in [6, 6.07) is 4.81. The van der Waals surface area contributed by atoms with E-state index in [2.05, 4.69) is 5.32 Å². The minimum absolute atomic E-state index is 0.102. The van der Waals surface area contributed by atoms with Gasteiger partial charge in [0.05, 0.1) is 5.56 Å². The fourth-order valence-electron chi connectivity index (χ4n) is 2.05. The third kappa shape index (κ3) is 1.92. The van der Waals surface area contributed by atoms with Gasteiger partial charge in [-0.05, 0) is 37.8 Å². The van der Waals surface area contributed by atoms with Crippen molar-refractivity contribution in [1.82, 2.24) is 5.32 Å². The molecule has 5 heteroatoms. The van der Waals surface area contributed by atoms with Crippen molar-refractivity contribution in [2.45, 2.75) is 31.7 Å². The summed E-state index contributed by atoms with van der Waals surface area (Å²) in [5.41, 5.74) is -0.462. The number of carbonyl (C=O) groups excluding carboxylic acids is 1. The predicted octanol–water partition coefficient (Wildman–Crippen LogP) is 1.44. The van der Waals surface area contributed by atoms with E-state index in [1.807, 2.05) is 0 Å². The Hall–Kier alpha value is -2.04. The van der Waals surface area contributed by atoms with Crippen LogP contribution in [0.1, 0.15) is 35.2 Å². The molecular weight excluding hydrogens is 234 g/mol. The number of hydrogen-bond acceptors (Lipinski definition) is 3. The third-order valence-corrected chi connectivity index (χ3v) is 3.45. The number of rotatable bonds is 3. The van der Waals surface area contributed by atoms with E-state index < -0.39 is 17.4 Å². The van der Waals surface area contributed by atoms with Gasteiger partial charge in [-0.2, -0.15) is 0 Å². The summed E-state index contributed by atoms with van der Waals surface area (Å²) in [6.45, 7) is 1.68. The van der Waals surface area contributed by atoms with E-state index in [1.54, 1.807) is 19.1 Å². The average Bonchev–Trinajstić information content (AvgIpc) is 2.26. The first-order valence-corrected chi connectivity index (χ1v) is 5.81. The summed E-state index contributed by atoms with van der Waals surface area (Å²) < 4.78 is 0. The molecule has 2 rings (SSSR count). The molecule has 0 aliphatic heterocycles. The molecule has 1 aromatic carbocycles. The van der Waals surface area contributed by atoms with Gasteiger partial charge in [-0.15, -0.1) is 0 Å². The Morgan fingerprint density at radius 2 is 2.00 bits per heavy atom. The molecule has 1 fully saturated rings. The molecule has 0 atom stereocenters. The zero-order chi connectivity index (χ0) is 13.3. The van der Waals surface area contributed by atoms with Crippen LogP contribution in [0, 0.1) is 6.92 Å². The number of phenols is 1. The summed E-state index contributed by atoms with van der Waals surface area (Å²) in [4.78, 5) is 23.1. The molecule has 0 bridgehead atoms. The molecule has 96 valence electrons. The number of hydrogen-bond donors (Lipinski definition) is 3. The van der Waals surface area contributed by atoms with Crippen molar-refractivity contribution in [3.8, 4) is 5.75 Å². The van der Waals surface area contributed by atoms with Crippen molar-refractivity contribution < 1.29 is 19.8 Å². The first-order chi connectivity index (χ1) is 8.46. The van der Waals surface area contributed by atoms with Crippen molar-refractivity contribution in [2.75, 3.05) is 0 Å². The quantitative estimate of drug-likeness (QED) is 0.756. The lowest BCUT2D eigenvalue weighted by molar-refractivity contribution is -0.148. The monoisotopic (exact) mass is 249 g/mol. The lowest BCUT2D eigenvalue weighted by Gasteiger charge is -2.38. The van der Waals surface area contributed by atoms with Gasteiger partial charge < -0.3 is 15.5 Å². The van der Waals surface area contributed by atoms with E-state index in [1.165, 1.54) is 6.07 Å². The van der Waals surface area contributed by atoms with Crippen LogP contribution in [0.25, 0.3) is 0 Å². The van der Waals surface area contributed by atoms with Gasteiger partial charge in [0.15, 0.2) is 0 Å². The van der Waals surface area contributed by atoms with Crippen molar-refractivity contribution in [3.05, 3.63) is 29.3 Å². The molecule has 1 aliphatic rings. The van der Waals surface area contributed by atoms with Gasteiger partial charge in [0.2, 0.25) is 0 Å². The number of aryl methyl sites for hydroxylation is 1. The molecule has 3 N–H and O–H groups in total. The molecule has 1 saturated carbocycles. The highest BCUT2D eigenvalue weighted by atomic mass is 16.4. The highest BCUT2D eigenvalue weighted by molar-refractivity contribution is 6.00. The minimum Gasteiger partial charge on any atom is -0.507 e. The van der Waals surface area contributed by atoms with E-state index in [0.717, 1.165) is 6.42 Å². The van der Waals surface area contributed by atoms with Crippen molar-refractivity contribution in [3.63, 3.8) is 0 Å². The molecule has 0 radical (unpaired) electrons. The molecule has 1 amide bonds. The second-order valence-electron chi connectivity index (χ2n) is 4.67. The molecule has 5 nitrogen and oxygen atoms in total. The van der Waals surface area contributed by atoms with E-state index in [9.17, 15) is 14.7 Å². The number of aliphatic carboxylic acids is 1. The lowest BCUT2D eigenvalue weighted by atomic mass is 9.76. The SMILES string of the molecule is Cc1cccc(C(=O)NC2(C(=O)O)CCC2)c1O. The maximum absolute atomic E-state index is 12.0. The topological polar surface area (TPSA) is 86.6 Å². The predicted molar refractivity (Wildman–Crippen MR) is 64.5 cm³/mol. The maximum Gasteiger partial charge on any atom is 0.329 e. The minimum atomic E-state index is -1.16. The fourth-order valence-corrected chi connectivity index (χ4v) is 2.05. The number of phenolic OH excluding ortho intramolecular Hbond substituents is 1. The first kappa shape index (κ1) is 12.4. The van der Waals surface area contributed by atoms with Crippen LogP contribution in [0.5, 0.6) is 5.75 Å². The van der Waals surface area contributed by atoms with Crippen LogP contribution in [0.2, 0.25) is 0 Å². The van der Waals surface area contributed by atoms with Gasteiger partial charge >= 0.3 is 5.97 Å². The average molecular weight is 249 g/mol. The van der Waals surface area contributed by atoms with Crippen LogP contribution in [0.15, 0.2) is 18.2 Å². The van der Waals surface area contributed by atoms with Crippen LogP contribution in [0.4, 0.5) is 0 Å². The number of carbonyl (C=O) groups is 2. The van der Waals surface area contributed by atoms with Crippen LogP contribution in [0.3, 0.4) is 0 Å². The Morgan fingerprint density at radius 3 is 2.50 bits per heavy atom. The van der Waals surface area contributed by atoms with Crippen molar-refractivity contribution in [1.29, 1.82) is 0 Å². The van der Waals surface area contributed by atoms with E-state index in [0.29, 0.717) is 18.4 Å². The largest absolute Gasteiger partial charge is 0.507 e. The summed E-state index contributed by atoms with van der Waals surface area (Å²) in [5.74, 6) is -1.66. The normalized spacial score (nSPS) is 16.7. The number of para-hydroxylation sites is 1. The number of carboxylic acid groups (broad SMARTS) is 1. The summed E-state index contributed by atoms with van der Waals surface area (Å²) in [6.07, 6.45) is 1.65. The fraction of sp³-hybridized carbons (Fsp3) is 0.385. The molecule has 1 aliphatic carbocycles. The van der Waals surface area contributed by atoms with Gasteiger partial charge in [-0.25, -0.2) is 4.79 Å². The molecule has 1 aromatic rings. The Labute approximate surface area is 104 Å². The first-order valence-electron chi connectivity index (χ1n) is 5.81. The molecule has 0 spiro atoms. The zero-order valence-electron chi connectivity index (χ0n) is 10.1. The smallest absolute Gasteiger partial charge is 0.329 e. The summed E-state index contributed by atoms with van der Waals surface area (Å²) in [7, 11) is 0. The van der Waals surface area contributed by atoms with Crippen LogP contribution in [-0.4, -0.2) is 27.6 Å². The molecule has 0 saturated heterocycles. The van der Waals surface area contributed by atoms with Crippen LogP contribution >= 0.6 is 0 Å². The molecule has 0 heterocycles. The maximum atomic E-state index is 12.0. The van der Waals surface area contributed by atoms with Gasteiger partial charge in [-0.3, -0.25) is 4.79 Å². The summed E-state index contributed by atoms with van der Waals surface area (Å²) >= 11 is 0. The number of aromatic hydroxyl groups is 1. The molecule has 18 heavy (non-hydrogen) atoms. The van der Waals surface area contributed by atoms with E-state index in [-0.39, 0.29) is 11.3 Å². The van der Waals surface area contributed by atoms with Crippen molar-refractivity contribution >= 4 is 11.9 Å². The van der Waals surface area contributed by atoms with Gasteiger partial charge in [0.25, 0.3) is 5.91 Å². The Morgan fingerprint density at radius 1 is 1.33 bits per heavy atom. The number of carboxylic acids is 1. The zero-order valence-corrected chi connectivity index (χ0v) is 10.1. The number of benzene rings is 1. The van der Waals surface area contributed by atoms with Gasteiger partial charge in [0, 0.05) is 0 Å². The second kappa shape index (κ2) is 4.33. The number of nitrogens with one attached hydrogen (secondary N) is 1. The molecule has 0 aromatic heterocycles. The van der Waals surface area contributed by atoms with Crippen LogP contribution < -0.4 is 5.32 Å². The highest BCUT2D eigenvalue weighted by Gasteiger charge is 2.46. The standard InChI is InChI=1S/C13H15NO4/c1-8-4-2-5-9(10(8)15)11(16)14-13(12(17)18)6-3-7-13/h2,4-5,15H,3,6-7H2,1H3,(H,14,16)(H,17,18). The second-order valence-corrected chi connectivity index (χ2v) is 4.67. The molecular formula is C13H15NO4. The Bertz CT molecular complexity index is 506. The molecule has 0 unspecified atom stereocenters. The van der Waals surface area contributed by atoms with Crippen LogP contribution in [-0.2, 0) is 4.79 Å². The Balaban J connectivity index is 2.22. The lowest BCUT2D eigenvalue weighted by Crippen LogP contribution is -2.59. The van der Waals surface area contributed by atoms with Crippen molar-refractivity contribution in [2.24, 2.45) is 0 Å². The van der Waals surface area contributed by atoms with E-state index in [4.69, 9.17) is 5.11 Å². The van der Waals surface area contributed by atoms with Gasteiger partial charge in [-0.1, -0.05) is 12.1 Å².